The van der Waals surface area contributed by atoms with Gasteiger partial charge in [0.15, 0.2) is 0 Å². The van der Waals surface area contributed by atoms with Crippen LogP contribution in [0.25, 0.3) is 10.8 Å². The Morgan fingerprint density at radius 1 is 0.887 bits per heavy atom. The van der Waals surface area contributed by atoms with Gasteiger partial charge >= 0.3 is 6.09 Å². The number of benzene rings is 4. The number of rotatable bonds is 16. The van der Waals surface area contributed by atoms with Crippen molar-refractivity contribution in [2.75, 3.05) is 53.7 Å². The Balaban J connectivity index is 1.35. The molecule has 1 aliphatic heterocycles. The molecule has 1 aliphatic rings. The number of amides is 1. The summed E-state index contributed by atoms with van der Waals surface area (Å²) in [5.74, 6) is 1.68. The van der Waals surface area contributed by atoms with E-state index >= 15 is 0 Å². The van der Waals surface area contributed by atoms with Crippen LogP contribution in [0.5, 0.6) is 17.2 Å². The highest BCUT2D eigenvalue weighted by atomic mass is 16.6. The summed E-state index contributed by atoms with van der Waals surface area (Å²) in [6.07, 6.45) is -1.74. The summed E-state index contributed by atoms with van der Waals surface area (Å²) in [6, 6.07) is 29.1. The molecule has 11 nitrogen and oxygen atoms in total. The number of carbonyl (C=O) groups excluding carboxylic acids is 1. The number of hydrogen-bond acceptors (Lipinski definition) is 10. The van der Waals surface area contributed by atoms with Gasteiger partial charge in [0.05, 0.1) is 71.0 Å². The highest BCUT2D eigenvalue weighted by Gasteiger charge is 2.42. The fraction of sp³-hybridized carbons (Fsp3) is 0.429. The van der Waals surface area contributed by atoms with E-state index in [-0.39, 0.29) is 38.8 Å². The highest BCUT2D eigenvalue weighted by molar-refractivity contribution is 5.89. The average Bonchev–Trinajstić information content (AvgIpc) is 3.15. The first-order valence-electron chi connectivity index (χ1n) is 17.9. The maximum absolute atomic E-state index is 13.5. The molecule has 5 rings (SSSR count). The van der Waals surface area contributed by atoms with Gasteiger partial charge in [-0.2, -0.15) is 5.26 Å². The smallest absolute Gasteiger partial charge is 0.410 e. The SMILES string of the molecule is COC[C@@H](O)CO[C@@H]1CN(C(=O)OC(C)(C)C)C[C@H](OCc2cc(OC)c3ccccc3c2)[C@H]1c1ccc(OCCCOc2ccccc2C#N)cc1. The first-order valence-corrected chi connectivity index (χ1v) is 17.9. The summed E-state index contributed by atoms with van der Waals surface area (Å²) in [6.45, 7) is 7.19. The van der Waals surface area contributed by atoms with Crippen molar-refractivity contribution in [1.82, 2.24) is 4.90 Å². The molecule has 11 heteroatoms. The van der Waals surface area contributed by atoms with Crippen LogP contribution in [0.3, 0.4) is 0 Å². The number of nitrogens with zero attached hydrogens (tertiary/aromatic N) is 2. The Labute approximate surface area is 311 Å². The van der Waals surface area contributed by atoms with Crippen LogP contribution in [0.4, 0.5) is 4.79 Å². The van der Waals surface area contributed by atoms with Crippen molar-refractivity contribution >= 4 is 16.9 Å². The molecule has 1 saturated heterocycles. The molecule has 0 bridgehead atoms. The van der Waals surface area contributed by atoms with E-state index in [0.717, 1.165) is 27.6 Å². The van der Waals surface area contributed by atoms with Gasteiger partial charge in [-0.1, -0.05) is 48.5 Å². The molecule has 0 spiro atoms. The van der Waals surface area contributed by atoms with Crippen LogP contribution in [0.1, 0.15) is 49.8 Å². The second-order valence-corrected chi connectivity index (χ2v) is 14.0. The van der Waals surface area contributed by atoms with Gasteiger partial charge in [-0.15, -0.1) is 0 Å². The summed E-state index contributed by atoms with van der Waals surface area (Å²) < 4.78 is 41.5. The average molecular weight is 727 g/mol. The molecule has 0 saturated carbocycles. The Hall–Kier alpha value is -4.86. The second kappa shape index (κ2) is 18.8. The van der Waals surface area contributed by atoms with Crippen LogP contribution in [0.2, 0.25) is 0 Å². The summed E-state index contributed by atoms with van der Waals surface area (Å²) in [4.78, 5) is 15.1. The van der Waals surface area contributed by atoms with Gasteiger partial charge in [-0.05, 0) is 73.7 Å². The normalized spacial score (nSPS) is 17.9. The number of para-hydroxylation sites is 1. The third-order valence-corrected chi connectivity index (χ3v) is 8.77. The van der Waals surface area contributed by atoms with Crippen LogP contribution in [-0.4, -0.2) is 93.7 Å². The summed E-state index contributed by atoms with van der Waals surface area (Å²) in [5, 5.41) is 21.9. The van der Waals surface area contributed by atoms with Crippen molar-refractivity contribution in [3.8, 4) is 23.3 Å². The van der Waals surface area contributed by atoms with Crippen molar-refractivity contribution in [2.24, 2.45) is 0 Å². The van der Waals surface area contributed by atoms with E-state index in [4.69, 9.17) is 33.2 Å². The number of aliphatic hydroxyl groups is 1. The Morgan fingerprint density at radius 3 is 2.30 bits per heavy atom. The zero-order valence-electron chi connectivity index (χ0n) is 31.2. The molecule has 53 heavy (non-hydrogen) atoms. The van der Waals surface area contributed by atoms with E-state index in [1.807, 2.05) is 81.4 Å². The molecule has 4 aromatic carbocycles. The van der Waals surface area contributed by atoms with Gasteiger partial charge < -0.3 is 43.2 Å². The van der Waals surface area contributed by atoms with E-state index in [9.17, 15) is 15.2 Å². The van der Waals surface area contributed by atoms with Crippen LogP contribution >= 0.6 is 0 Å². The molecule has 1 amide bonds. The number of methoxy groups -OCH3 is 2. The zero-order valence-corrected chi connectivity index (χ0v) is 31.2. The largest absolute Gasteiger partial charge is 0.496 e. The van der Waals surface area contributed by atoms with Gasteiger partial charge in [-0.3, -0.25) is 0 Å². The Bertz CT molecular complexity index is 1820. The lowest BCUT2D eigenvalue weighted by molar-refractivity contribution is -0.112. The maximum atomic E-state index is 13.5. The third kappa shape index (κ3) is 11.1. The van der Waals surface area contributed by atoms with Gasteiger partial charge in [-0.25, -0.2) is 4.79 Å². The first kappa shape index (κ1) is 39.3. The van der Waals surface area contributed by atoms with Crippen molar-refractivity contribution in [1.29, 1.82) is 5.26 Å². The summed E-state index contributed by atoms with van der Waals surface area (Å²) >= 11 is 0. The van der Waals surface area contributed by atoms with Crippen molar-refractivity contribution < 1.29 is 43.1 Å². The molecule has 1 fully saturated rings. The number of ether oxygens (including phenoxy) is 7. The van der Waals surface area contributed by atoms with Crippen LogP contribution in [0, 0.1) is 11.3 Å². The molecule has 1 heterocycles. The molecule has 4 atom stereocenters. The summed E-state index contributed by atoms with van der Waals surface area (Å²) in [7, 11) is 3.17. The number of fused-ring (bicyclic) bond motifs is 1. The third-order valence-electron chi connectivity index (χ3n) is 8.77. The number of piperidine rings is 1. The molecule has 1 N–H and O–H groups in total. The monoisotopic (exact) mass is 726 g/mol. The van der Waals surface area contributed by atoms with Crippen LogP contribution in [-0.2, 0) is 25.6 Å². The fourth-order valence-electron chi connectivity index (χ4n) is 6.36. The molecular formula is C42H50N2O9. The lowest BCUT2D eigenvalue weighted by atomic mass is 9.84. The number of aliphatic hydroxyl groups excluding tert-OH is 1. The van der Waals surface area contributed by atoms with Gasteiger partial charge in [0.1, 0.15) is 35.0 Å². The van der Waals surface area contributed by atoms with Gasteiger partial charge in [0, 0.05) is 24.8 Å². The Kier molecular flexibility index (Phi) is 13.9. The van der Waals surface area contributed by atoms with E-state index in [1.54, 1.807) is 30.2 Å². The number of nitriles is 1. The standard InChI is InChI=1S/C42H50N2O9/c1-42(2,3)53-41(46)44-24-38(51-26-29-21-31-11-6-8-13-35(31)37(22-29)48-5)40(39(25-44)52-28-33(45)27-47-4)30-15-17-34(18-16-30)49-19-10-20-50-36-14-9-7-12-32(36)23-43/h6-9,11-18,21-22,33,38-40,45H,10,19-20,24-28H2,1-5H3/t33-,38+,39-,40-/m1/s1. The lowest BCUT2D eigenvalue weighted by Gasteiger charge is -2.44. The maximum Gasteiger partial charge on any atom is 0.410 e. The van der Waals surface area contributed by atoms with E-state index in [1.165, 1.54) is 7.11 Å². The highest BCUT2D eigenvalue weighted by Crippen LogP contribution is 2.36. The predicted molar refractivity (Wildman–Crippen MR) is 200 cm³/mol. The Morgan fingerprint density at radius 2 is 1.58 bits per heavy atom. The minimum atomic E-state index is -0.852. The van der Waals surface area contributed by atoms with Gasteiger partial charge in [0.25, 0.3) is 0 Å². The van der Waals surface area contributed by atoms with Crippen LogP contribution in [0.15, 0.2) is 84.9 Å². The predicted octanol–water partition coefficient (Wildman–Crippen LogP) is 6.88. The zero-order chi connectivity index (χ0) is 37.8. The summed E-state index contributed by atoms with van der Waals surface area (Å²) in [5.41, 5.74) is 1.66. The van der Waals surface area contributed by atoms with Crippen molar-refractivity contribution in [2.45, 2.75) is 63.6 Å². The molecule has 0 aliphatic carbocycles. The molecule has 4 aromatic rings. The van der Waals surface area contributed by atoms with E-state index in [0.29, 0.717) is 36.7 Å². The topological polar surface area (TPSA) is 129 Å². The minimum absolute atomic E-state index is 0.00780. The van der Waals surface area contributed by atoms with Crippen molar-refractivity contribution in [3.05, 3.63) is 102 Å². The molecule has 0 aromatic heterocycles. The molecule has 0 unspecified atom stereocenters. The van der Waals surface area contributed by atoms with Crippen LogP contribution < -0.4 is 14.2 Å². The molecular weight excluding hydrogens is 676 g/mol. The molecule has 282 valence electrons. The fourth-order valence-corrected chi connectivity index (χ4v) is 6.36. The lowest BCUT2D eigenvalue weighted by Crippen LogP contribution is -2.55. The first-order chi connectivity index (χ1) is 25.6. The number of likely N-dealkylation sites (tertiary alicyclic amines) is 1. The van der Waals surface area contributed by atoms with E-state index < -0.39 is 30.0 Å². The second-order valence-electron chi connectivity index (χ2n) is 14.0. The quantitative estimate of drug-likeness (QED) is 0.122. The number of carbonyl (C=O) groups is 1. The molecule has 0 radical (unpaired) electrons. The van der Waals surface area contributed by atoms with Gasteiger partial charge in [0.2, 0.25) is 0 Å². The van der Waals surface area contributed by atoms with E-state index in [2.05, 4.69) is 12.1 Å². The number of hydrogen-bond donors (Lipinski definition) is 1. The van der Waals surface area contributed by atoms with Crippen molar-refractivity contribution in [3.63, 3.8) is 0 Å². The minimum Gasteiger partial charge on any atom is -0.496 e.